The van der Waals surface area contributed by atoms with Gasteiger partial charge < -0.3 is 11.1 Å². The highest BCUT2D eigenvalue weighted by atomic mass is 16.2. The number of amides is 5. The number of hydrogen-bond donors (Lipinski definition) is 3. The van der Waals surface area contributed by atoms with Crippen LogP contribution in [0.3, 0.4) is 0 Å². The summed E-state index contributed by atoms with van der Waals surface area (Å²) in [6.07, 6.45) is 0. The molecule has 1 heterocycles. The van der Waals surface area contributed by atoms with Gasteiger partial charge in [0, 0.05) is 5.69 Å². The number of carbonyl (C=O) groups is 4. The minimum Gasteiger partial charge on any atom is -0.350 e. The number of urea groups is 1. The number of nitrogens with zero attached hydrogens (tertiary/aromatic N) is 2. The second-order valence-electron chi connectivity index (χ2n) is 6.48. The van der Waals surface area contributed by atoms with Crippen molar-refractivity contribution in [2.24, 2.45) is 16.8 Å². The van der Waals surface area contributed by atoms with E-state index in [1.807, 2.05) is 5.43 Å². The third-order valence-electron chi connectivity index (χ3n) is 4.47. The van der Waals surface area contributed by atoms with Gasteiger partial charge in [-0.15, -0.1) is 0 Å². The highest BCUT2D eigenvalue weighted by Crippen LogP contribution is 2.29. The van der Waals surface area contributed by atoms with E-state index in [2.05, 4.69) is 10.4 Å². The lowest BCUT2D eigenvalue weighted by Crippen LogP contribution is -2.35. The molecule has 1 atom stereocenters. The van der Waals surface area contributed by atoms with Crippen molar-refractivity contribution in [1.82, 2.24) is 5.43 Å². The lowest BCUT2D eigenvalue weighted by molar-refractivity contribution is -0.127. The van der Waals surface area contributed by atoms with E-state index in [-0.39, 0.29) is 0 Å². The molecular formula is C20H19N5O4. The van der Waals surface area contributed by atoms with Gasteiger partial charge in [0.05, 0.1) is 5.69 Å². The molecule has 9 heteroatoms. The zero-order valence-corrected chi connectivity index (χ0v) is 15.8. The number of benzene rings is 2. The topological polar surface area (TPSA) is 134 Å². The first-order valence-corrected chi connectivity index (χ1v) is 8.74. The average molecular weight is 393 g/mol. The molecule has 1 aliphatic heterocycles. The Kier molecular flexibility index (Phi) is 5.40. The fraction of sp³-hybridized carbons (Fsp3) is 0.150. The third kappa shape index (κ3) is 3.84. The highest BCUT2D eigenvalue weighted by Gasteiger charge is 2.50. The molecular weight excluding hydrogens is 374 g/mol. The molecule has 2 aromatic carbocycles. The lowest BCUT2D eigenvalue weighted by Gasteiger charge is -2.16. The summed E-state index contributed by atoms with van der Waals surface area (Å²) in [6, 6.07) is 12.7. The Hall–Kier alpha value is -4.01. The Morgan fingerprint density at radius 2 is 1.62 bits per heavy atom. The summed E-state index contributed by atoms with van der Waals surface area (Å²) in [4.78, 5) is 50.8. The number of imide groups is 1. The Bertz CT molecular complexity index is 1050. The molecule has 0 unspecified atom stereocenters. The van der Waals surface area contributed by atoms with E-state index in [1.165, 1.54) is 0 Å². The Morgan fingerprint density at radius 1 is 1.00 bits per heavy atom. The van der Waals surface area contributed by atoms with Gasteiger partial charge in [-0.25, -0.2) is 15.1 Å². The molecule has 0 aliphatic carbocycles. The number of primary amides is 1. The van der Waals surface area contributed by atoms with Crippen LogP contribution in [0.4, 0.5) is 16.2 Å². The zero-order valence-electron chi connectivity index (χ0n) is 15.8. The molecule has 4 N–H and O–H groups in total. The summed E-state index contributed by atoms with van der Waals surface area (Å²) in [7, 11) is 0. The molecule has 5 amide bonds. The Balaban J connectivity index is 2.01. The molecule has 3 rings (SSSR count). The zero-order chi connectivity index (χ0) is 21.1. The molecule has 148 valence electrons. The van der Waals surface area contributed by atoms with Crippen LogP contribution in [0.5, 0.6) is 0 Å². The summed E-state index contributed by atoms with van der Waals surface area (Å²) in [5.74, 6) is -3.84. The molecule has 0 radical (unpaired) electrons. The predicted molar refractivity (Wildman–Crippen MR) is 107 cm³/mol. The predicted octanol–water partition coefficient (Wildman–Crippen LogP) is 1.46. The molecule has 0 spiro atoms. The number of hydrogen-bond acceptors (Lipinski definition) is 5. The lowest BCUT2D eigenvalue weighted by atomic mass is 10.0. The normalized spacial score (nSPS) is 17.5. The maximum absolute atomic E-state index is 13.1. The average Bonchev–Trinajstić information content (AvgIpc) is 2.92. The maximum Gasteiger partial charge on any atom is 0.332 e. The van der Waals surface area contributed by atoms with E-state index in [0.717, 1.165) is 10.5 Å². The van der Waals surface area contributed by atoms with E-state index in [4.69, 9.17) is 5.73 Å². The van der Waals surface area contributed by atoms with Crippen LogP contribution >= 0.6 is 0 Å². The van der Waals surface area contributed by atoms with Crippen LogP contribution in [0.15, 0.2) is 53.6 Å². The second kappa shape index (κ2) is 7.93. The van der Waals surface area contributed by atoms with Crippen molar-refractivity contribution in [3.8, 4) is 0 Å². The van der Waals surface area contributed by atoms with Crippen LogP contribution in [0.25, 0.3) is 0 Å². The summed E-state index contributed by atoms with van der Waals surface area (Å²) >= 11 is 0. The van der Waals surface area contributed by atoms with Crippen LogP contribution in [0.1, 0.15) is 11.1 Å². The van der Waals surface area contributed by atoms with Crippen molar-refractivity contribution in [3.05, 3.63) is 59.7 Å². The van der Waals surface area contributed by atoms with Gasteiger partial charge in [-0.2, -0.15) is 5.10 Å². The van der Waals surface area contributed by atoms with E-state index in [0.29, 0.717) is 16.9 Å². The minimum atomic E-state index is -1.53. The van der Waals surface area contributed by atoms with Crippen LogP contribution in [0.2, 0.25) is 0 Å². The number of rotatable bonds is 4. The number of para-hydroxylation sites is 2. The minimum absolute atomic E-state index is 0.334. The standard InChI is InChI=1S/C20H19N5O4/c1-11-7-3-5-9-13(11)22-17(26)15-16(23-24-20(21)29)19(28)25(18(15)27)14-10-6-4-8-12(14)2/h3-10,15H,1-2H3,(H,22,26)(H3,21,24,29)/b23-16-/t15-/m0/s1. The number of hydrazone groups is 1. The van der Waals surface area contributed by atoms with Crippen LogP contribution < -0.4 is 21.4 Å². The summed E-state index contributed by atoms with van der Waals surface area (Å²) in [6.45, 7) is 3.52. The highest BCUT2D eigenvalue weighted by molar-refractivity contribution is 6.61. The van der Waals surface area contributed by atoms with Gasteiger partial charge in [0.25, 0.3) is 11.8 Å². The molecule has 1 aliphatic rings. The summed E-state index contributed by atoms with van der Waals surface area (Å²) in [5, 5.41) is 6.29. The van der Waals surface area contributed by atoms with Gasteiger partial charge in [-0.05, 0) is 37.1 Å². The maximum atomic E-state index is 13.1. The van der Waals surface area contributed by atoms with Gasteiger partial charge in [0.1, 0.15) is 5.71 Å². The van der Waals surface area contributed by atoms with Crippen LogP contribution in [-0.2, 0) is 14.4 Å². The van der Waals surface area contributed by atoms with Crippen molar-refractivity contribution in [3.63, 3.8) is 0 Å². The molecule has 9 nitrogen and oxygen atoms in total. The second-order valence-corrected chi connectivity index (χ2v) is 6.48. The van der Waals surface area contributed by atoms with Gasteiger partial charge in [-0.3, -0.25) is 14.4 Å². The van der Waals surface area contributed by atoms with Crippen molar-refractivity contribution in [2.45, 2.75) is 13.8 Å². The van der Waals surface area contributed by atoms with Crippen molar-refractivity contribution >= 4 is 40.8 Å². The largest absolute Gasteiger partial charge is 0.350 e. The number of anilines is 2. The van der Waals surface area contributed by atoms with E-state index < -0.39 is 35.4 Å². The molecule has 0 aromatic heterocycles. The van der Waals surface area contributed by atoms with Crippen molar-refractivity contribution < 1.29 is 19.2 Å². The van der Waals surface area contributed by atoms with Crippen molar-refractivity contribution in [2.75, 3.05) is 10.2 Å². The quantitative estimate of drug-likeness (QED) is 0.412. The first-order valence-electron chi connectivity index (χ1n) is 8.74. The molecule has 2 aromatic rings. The van der Waals surface area contributed by atoms with Gasteiger partial charge in [0.15, 0.2) is 5.92 Å². The van der Waals surface area contributed by atoms with Gasteiger partial charge in [0.2, 0.25) is 5.91 Å². The van der Waals surface area contributed by atoms with Gasteiger partial charge in [-0.1, -0.05) is 36.4 Å². The molecule has 1 saturated heterocycles. The van der Waals surface area contributed by atoms with E-state index in [1.54, 1.807) is 62.4 Å². The van der Waals surface area contributed by atoms with Crippen LogP contribution in [-0.4, -0.2) is 29.5 Å². The van der Waals surface area contributed by atoms with Gasteiger partial charge >= 0.3 is 6.03 Å². The molecule has 1 fully saturated rings. The summed E-state index contributed by atoms with van der Waals surface area (Å²) < 4.78 is 0. The number of nitrogens with one attached hydrogen (secondary N) is 2. The smallest absolute Gasteiger partial charge is 0.332 e. The number of carbonyl (C=O) groups excluding carboxylic acids is 4. The third-order valence-corrected chi connectivity index (χ3v) is 4.47. The van der Waals surface area contributed by atoms with E-state index in [9.17, 15) is 19.2 Å². The first-order chi connectivity index (χ1) is 13.8. The monoisotopic (exact) mass is 393 g/mol. The number of aryl methyl sites for hydroxylation is 2. The molecule has 29 heavy (non-hydrogen) atoms. The SMILES string of the molecule is Cc1ccccc1NC(=O)[C@H]1C(=O)N(c2ccccc2C)C(=O)/C1=N\NC(N)=O. The Morgan fingerprint density at radius 3 is 2.24 bits per heavy atom. The van der Waals surface area contributed by atoms with Crippen molar-refractivity contribution in [1.29, 1.82) is 0 Å². The first kappa shape index (κ1) is 19.7. The summed E-state index contributed by atoms with van der Waals surface area (Å²) in [5.41, 5.74) is 8.81. The molecule has 0 saturated carbocycles. The Labute approximate surface area is 166 Å². The number of nitrogens with two attached hydrogens (primary N) is 1. The fourth-order valence-electron chi connectivity index (χ4n) is 3.01. The fourth-order valence-corrected chi connectivity index (χ4v) is 3.01. The van der Waals surface area contributed by atoms with E-state index >= 15 is 0 Å². The van der Waals surface area contributed by atoms with Crippen LogP contribution in [0, 0.1) is 19.8 Å². The molecule has 0 bridgehead atoms.